The van der Waals surface area contributed by atoms with Gasteiger partial charge in [-0.05, 0) is 25.0 Å². The maximum absolute atomic E-state index is 12.8. The molecule has 116 valence electrons. The average molecular weight is 319 g/mol. The Balaban J connectivity index is 1.96. The van der Waals surface area contributed by atoms with Crippen molar-refractivity contribution in [2.45, 2.75) is 23.8 Å². The summed E-state index contributed by atoms with van der Waals surface area (Å²) in [6.45, 7) is 0.480. The van der Waals surface area contributed by atoms with E-state index in [1.54, 1.807) is 37.8 Å². The standard InChI is InChI=1S/C14H17N5O2S/c1-15-14-10-17-9-12(18-14)13-5-3-7-19(13)22(20,21)11-4-2-6-16-8-11/h2,4,6,8-10,13H,3,5,7H2,1H3,(H,15,18). The Kier molecular flexibility index (Phi) is 4.04. The van der Waals surface area contributed by atoms with Gasteiger partial charge in [-0.25, -0.2) is 13.4 Å². The molecule has 0 amide bonds. The van der Waals surface area contributed by atoms with Crippen LogP contribution in [-0.4, -0.2) is 41.3 Å². The van der Waals surface area contributed by atoms with Crippen molar-refractivity contribution in [2.24, 2.45) is 0 Å². The Labute approximate surface area is 129 Å². The Morgan fingerprint density at radius 2 is 2.14 bits per heavy atom. The molecule has 0 bridgehead atoms. The lowest BCUT2D eigenvalue weighted by Crippen LogP contribution is -2.31. The first kappa shape index (κ1) is 14.9. The third kappa shape index (κ3) is 2.67. The molecule has 22 heavy (non-hydrogen) atoms. The highest BCUT2D eigenvalue weighted by Gasteiger charge is 2.37. The van der Waals surface area contributed by atoms with Crippen molar-refractivity contribution in [3.8, 4) is 0 Å². The summed E-state index contributed by atoms with van der Waals surface area (Å²) in [6, 6.07) is 2.90. The molecule has 1 aliphatic rings. The van der Waals surface area contributed by atoms with Gasteiger partial charge in [0.25, 0.3) is 0 Å². The number of aromatic nitrogens is 3. The summed E-state index contributed by atoms with van der Waals surface area (Å²) < 4.78 is 27.1. The minimum absolute atomic E-state index is 0.208. The van der Waals surface area contributed by atoms with E-state index in [0.717, 1.165) is 12.8 Å². The smallest absolute Gasteiger partial charge is 0.245 e. The molecule has 3 rings (SSSR count). The molecule has 1 atom stereocenters. The Hall–Kier alpha value is -2.06. The van der Waals surface area contributed by atoms with Crippen LogP contribution in [-0.2, 0) is 10.0 Å². The van der Waals surface area contributed by atoms with Crippen LogP contribution in [0.4, 0.5) is 5.82 Å². The summed E-state index contributed by atoms with van der Waals surface area (Å²) in [5.74, 6) is 0.628. The molecule has 0 saturated carbocycles. The van der Waals surface area contributed by atoms with Crippen molar-refractivity contribution in [3.63, 3.8) is 0 Å². The quantitative estimate of drug-likeness (QED) is 0.917. The van der Waals surface area contributed by atoms with Crippen LogP contribution in [0.5, 0.6) is 0 Å². The number of hydrogen-bond donors (Lipinski definition) is 1. The lowest BCUT2D eigenvalue weighted by molar-refractivity contribution is 0.390. The summed E-state index contributed by atoms with van der Waals surface area (Å²) in [6.07, 6.45) is 7.71. The van der Waals surface area contributed by atoms with Crippen molar-refractivity contribution >= 4 is 15.8 Å². The monoisotopic (exact) mass is 319 g/mol. The normalized spacial score (nSPS) is 19.2. The summed E-state index contributed by atoms with van der Waals surface area (Å²) in [5.41, 5.74) is 0.664. The third-order valence-corrected chi connectivity index (χ3v) is 5.59. The first-order chi connectivity index (χ1) is 10.6. The van der Waals surface area contributed by atoms with E-state index < -0.39 is 10.0 Å². The molecule has 2 aromatic rings. The van der Waals surface area contributed by atoms with E-state index in [-0.39, 0.29) is 10.9 Å². The Morgan fingerprint density at radius 3 is 2.86 bits per heavy atom. The molecule has 8 heteroatoms. The van der Waals surface area contributed by atoms with E-state index in [0.29, 0.717) is 18.1 Å². The molecular formula is C14H17N5O2S. The lowest BCUT2D eigenvalue weighted by atomic mass is 10.2. The van der Waals surface area contributed by atoms with Gasteiger partial charge in [0.1, 0.15) is 10.7 Å². The topological polar surface area (TPSA) is 88.1 Å². The predicted molar refractivity (Wildman–Crippen MR) is 81.7 cm³/mol. The molecule has 3 heterocycles. The van der Waals surface area contributed by atoms with E-state index in [1.165, 1.54) is 10.5 Å². The summed E-state index contributed by atoms with van der Waals surface area (Å²) in [4.78, 5) is 12.7. The van der Waals surface area contributed by atoms with Gasteiger partial charge >= 0.3 is 0 Å². The van der Waals surface area contributed by atoms with Gasteiger partial charge < -0.3 is 5.32 Å². The molecule has 0 spiro atoms. The van der Waals surface area contributed by atoms with Gasteiger partial charge in [-0.3, -0.25) is 9.97 Å². The van der Waals surface area contributed by atoms with Gasteiger partial charge in [-0.2, -0.15) is 4.31 Å². The highest BCUT2D eigenvalue weighted by Crippen LogP contribution is 2.35. The summed E-state index contributed by atoms with van der Waals surface area (Å²) in [5, 5.41) is 2.92. The third-order valence-electron chi connectivity index (χ3n) is 3.70. The molecule has 0 radical (unpaired) electrons. The Morgan fingerprint density at radius 1 is 1.27 bits per heavy atom. The van der Waals surface area contributed by atoms with Crippen LogP contribution in [0.25, 0.3) is 0 Å². The number of sulfonamides is 1. The molecule has 1 unspecified atom stereocenters. The second-order valence-electron chi connectivity index (χ2n) is 5.04. The largest absolute Gasteiger partial charge is 0.372 e. The van der Waals surface area contributed by atoms with Gasteiger partial charge in [0.2, 0.25) is 10.0 Å². The molecule has 2 aromatic heterocycles. The summed E-state index contributed by atoms with van der Waals surface area (Å²) >= 11 is 0. The van der Waals surface area contributed by atoms with E-state index >= 15 is 0 Å². The van der Waals surface area contributed by atoms with Crippen LogP contribution in [0.3, 0.4) is 0 Å². The van der Waals surface area contributed by atoms with Crippen molar-refractivity contribution in [1.82, 2.24) is 19.3 Å². The lowest BCUT2D eigenvalue weighted by Gasteiger charge is -2.23. The minimum atomic E-state index is -3.57. The van der Waals surface area contributed by atoms with E-state index in [1.807, 2.05) is 0 Å². The van der Waals surface area contributed by atoms with Gasteiger partial charge in [-0.15, -0.1) is 0 Å². The van der Waals surface area contributed by atoms with Crippen LogP contribution in [0.1, 0.15) is 24.6 Å². The number of nitrogens with zero attached hydrogens (tertiary/aromatic N) is 4. The Bertz CT molecular complexity index is 751. The van der Waals surface area contributed by atoms with Gasteiger partial charge in [0.05, 0.1) is 24.1 Å². The molecule has 0 aromatic carbocycles. The van der Waals surface area contributed by atoms with Crippen molar-refractivity contribution in [2.75, 3.05) is 18.9 Å². The molecule has 0 aliphatic carbocycles. The van der Waals surface area contributed by atoms with E-state index in [4.69, 9.17) is 0 Å². The van der Waals surface area contributed by atoms with Crippen LogP contribution in [0, 0.1) is 0 Å². The summed E-state index contributed by atoms with van der Waals surface area (Å²) in [7, 11) is -1.82. The van der Waals surface area contributed by atoms with Gasteiger partial charge in [0, 0.05) is 26.0 Å². The number of rotatable bonds is 4. The van der Waals surface area contributed by atoms with Gasteiger partial charge in [0.15, 0.2) is 0 Å². The van der Waals surface area contributed by atoms with Gasteiger partial charge in [-0.1, -0.05) is 0 Å². The zero-order valence-electron chi connectivity index (χ0n) is 12.2. The molecule has 1 fully saturated rings. The average Bonchev–Trinajstić information content (AvgIpc) is 3.06. The minimum Gasteiger partial charge on any atom is -0.372 e. The number of anilines is 1. The highest BCUT2D eigenvalue weighted by atomic mass is 32.2. The highest BCUT2D eigenvalue weighted by molar-refractivity contribution is 7.89. The predicted octanol–water partition coefficient (Wildman–Crippen LogP) is 1.44. The fourth-order valence-electron chi connectivity index (χ4n) is 2.62. The number of nitrogens with one attached hydrogen (secondary N) is 1. The van der Waals surface area contributed by atoms with Crippen molar-refractivity contribution < 1.29 is 8.42 Å². The van der Waals surface area contributed by atoms with Crippen LogP contribution in [0.2, 0.25) is 0 Å². The van der Waals surface area contributed by atoms with Crippen LogP contribution >= 0.6 is 0 Å². The first-order valence-corrected chi connectivity index (χ1v) is 8.48. The molecule has 1 aliphatic heterocycles. The number of pyridine rings is 1. The molecule has 1 saturated heterocycles. The zero-order chi connectivity index (χ0) is 15.6. The fourth-order valence-corrected chi connectivity index (χ4v) is 4.25. The van der Waals surface area contributed by atoms with Crippen LogP contribution < -0.4 is 5.32 Å². The number of hydrogen-bond acceptors (Lipinski definition) is 6. The zero-order valence-corrected chi connectivity index (χ0v) is 13.0. The van der Waals surface area contributed by atoms with Crippen molar-refractivity contribution in [1.29, 1.82) is 0 Å². The second kappa shape index (κ2) is 5.98. The van der Waals surface area contributed by atoms with E-state index in [9.17, 15) is 8.42 Å². The van der Waals surface area contributed by atoms with Crippen molar-refractivity contribution in [3.05, 3.63) is 42.6 Å². The maximum atomic E-state index is 12.8. The molecular weight excluding hydrogens is 302 g/mol. The fraction of sp³-hybridized carbons (Fsp3) is 0.357. The van der Waals surface area contributed by atoms with E-state index in [2.05, 4.69) is 20.3 Å². The molecule has 1 N–H and O–H groups in total. The molecule has 7 nitrogen and oxygen atoms in total. The SMILES string of the molecule is CNc1cncc(C2CCCN2S(=O)(=O)c2cccnc2)n1. The second-order valence-corrected chi connectivity index (χ2v) is 6.93. The van der Waals surface area contributed by atoms with Crippen LogP contribution in [0.15, 0.2) is 41.8 Å². The maximum Gasteiger partial charge on any atom is 0.245 e. The first-order valence-electron chi connectivity index (χ1n) is 7.04.